The Bertz CT molecular complexity index is 865. The molecule has 0 atom stereocenters. The van der Waals surface area contributed by atoms with E-state index in [-0.39, 0.29) is 12.5 Å². The van der Waals surface area contributed by atoms with E-state index in [1.54, 1.807) is 17.2 Å². The lowest BCUT2D eigenvalue weighted by atomic mass is 10.1. The van der Waals surface area contributed by atoms with Gasteiger partial charge in [-0.1, -0.05) is 23.8 Å². The van der Waals surface area contributed by atoms with Gasteiger partial charge >= 0.3 is 0 Å². The molecule has 1 N–H and O–H groups in total. The first kappa shape index (κ1) is 16.7. The third-order valence-electron chi connectivity index (χ3n) is 3.80. The average molecular weight is 336 g/mol. The van der Waals surface area contributed by atoms with E-state index in [0.717, 1.165) is 22.6 Å². The van der Waals surface area contributed by atoms with Crippen molar-refractivity contribution in [1.82, 2.24) is 14.8 Å². The second-order valence-corrected chi connectivity index (χ2v) is 5.98. The van der Waals surface area contributed by atoms with Crippen molar-refractivity contribution in [3.8, 4) is 11.4 Å². The predicted octanol–water partition coefficient (Wildman–Crippen LogP) is 3.21. The molecule has 3 rings (SSSR count). The van der Waals surface area contributed by atoms with Crippen molar-refractivity contribution in [3.63, 3.8) is 0 Å². The summed E-state index contributed by atoms with van der Waals surface area (Å²) in [5.74, 6) is 0.555. The number of hydrogen-bond donors (Lipinski definition) is 1. The first-order valence-corrected chi connectivity index (χ1v) is 7.98. The average Bonchev–Trinajstić information content (AvgIpc) is 3.08. The zero-order valence-electron chi connectivity index (χ0n) is 14.5. The monoisotopic (exact) mass is 336 g/mol. The zero-order valence-corrected chi connectivity index (χ0v) is 14.5. The number of carbonyl (C=O) groups excluding carboxylic acids is 1. The third-order valence-corrected chi connectivity index (χ3v) is 3.80. The Labute approximate surface area is 146 Å². The summed E-state index contributed by atoms with van der Waals surface area (Å²) in [6.45, 7) is 5.96. The quantitative estimate of drug-likeness (QED) is 0.777. The van der Waals surface area contributed by atoms with Gasteiger partial charge in [0.2, 0.25) is 0 Å². The van der Waals surface area contributed by atoms with Crippen LogP contribution in [0.2, 0.25) is 0 Å². The lowest BCUT2D eigenvalue weighted by Gasteiger charge is -2.13. The molecule has 0 aliphatic carbocycles. The molecule has 0 aliphatic rings. The molecule has 0 fully saturated rings. The Hall–Kier alpha value is -3.15. The van der Waals surface area contributed by atoms with Crippen molar-refractivity contribution < 1.29 is 9.53 Å². The lowest BCUT2D eigenvalue weighted by Crippen LogP contribution is -2.20. The summed E-state index contributed by atoms with van der Waals surface area (Å²) in [7, 11) is 0. The van der Waals surface area contributed by atoms with E-state index < -0.39 is 0 Å². The van der Waals surface area contributed by atoms with Crippen LogP contribution in [0.3, 0.4) is 0 Å². The first-order chi connectivity index (χ1) is 12.0. The van der Waals surface area contributed by atoms with Gasteiger partial charge in [0.1, 0.15) is 18.4 Å². The van der Waals surface area contributed by atoms with E-state index in [4.69, 9.17) is 4.74 Å². The molecule has 0 saturated carbocycles. The molecule has 128 valence electrons. The number of rotatable bonds is 5. The first-order valence-electron chi connectivity index (χ1n) is 7.98. The second kappa shape index (κ2) is 7.17. The van der Waals surface area contributed by atoms with Crippen LogP contribution >= 0.6 is 0 Å². The van der Waals surface area contributed by atoms with E-state index in [9.17, 15) is 4.79 Å². The highest BCUT2D eigenvalue weighted by atomic mass is 16.5. The minimum atomic E-state index is -0.208. The van der Waals surface area contributed by atoms with Gasteiger partial charge in [0.05, 0.1) is 5.69 Å². The smallest absolute Gasteiger partial charge is 0.262 e. The minimum Gasteiger partial charge on any atom is -0.483 e. The van der Waals surface area contributed by atoms with E-state index in [2.05, 4.69) is 15.5 Å². The number of anilines is 1. The molecular formula is C19H20N4O2. The number of nitrogens with zero attached hydrogens (tertiary/aromatic N) is 3. The van der Waals surface area contributed by atoms with Crippen molar-refractivity contribution in [3.05, 3.63) is 65.7 Å². The number of amides is 1. The predicted molar refractivity (Wildman–Crippen MR) is 96.1 cm³/mol. The molecule has 25 heavy (non-hydrogen) atoms. The van der Waals surface area contributed by atoms with E-state index >= 15 is 0 Å². The third kappa shape index (κ3) is 4.03. The highest BCUT2D eigenvalue weighted by molar-refractivity contribution is 5.92. The highest BCUT2D eigenvalue weighted by Crippen LogP contribution is 2.24. The van der Waals surface area contributed by atoms with Gasteiger partial charge < -0.3 is 10.1 Å². The SMILES string of the molecule is Cc1cc(C)c(OCC(=O)Nc2cccc(-n3cnnc3)c2)c(C)c1. The fourth-order valence-corrected chi connectivity index (χ4v) is 2.81. The Balaban J connectivity index is 1.65. The molecule has 0 aliphatic heterocycles. The van der Waals surface area contributed by atoms with Gasteiger partial charge in [0.25, 0.3) is 5.91 Å². The molecule has 1 aromatic heterocycles. The second-order valence-electron chi connectivity index (χ2n) is 5.98. The van der Waals surface area contributed by atoms with Gasteiger partial charge in [-0.15, -0.1) is 10.2 Å². The molecule has 0 saturated heterocycles. The maximum atomic E-state index is 12.2. The Morgan fingerprint density at radius 3 is 2.44 bits per heavy atom. The van der Waals surface area contributed by atoms with Gasteiger partial charge in [0.15, 0.2) is 6.61 Å². The molecule has 0 unspecified atom stereocenters. The molecule has 3 aromatic rings. The number of carbonyl (C=O) groups is 1. The van der Waals surface area contributed by atoms with Crippen molar-refractivity contribution >= 4 is 11.6 Å². The molecule has 6 heteroatoms. The summed E-state index contributed by atoms with van der Waals surface area (Å²) in [6, 6.07) is 11.5. The number of hydrogen-bond acceptors (Lipinski definition) is 4. The Morgan fingerprint density at radius 2 is 1.76 bits per heavy atom. The van der Waals surface area contributed by atoms with Crippen molar-refractivity contribution in [1.29, 1.82) is 0 Å². The van der Waals surface area contributed by atoms with Crippen LogP contribution in [0.5, 0.6) is 5.75 Å². The van der Waals surface area contributed by atoms with Gasteiger partial charge in [-0.05, 0) is 50.1 Å². The van der Waals surface area contributed by atoms with Crippen LogP contribution in [0.25, 0.3) is 5.69 Å². The summed E-state index contributed by atoms with van der Waals surface area (Å²) in [5, 5.41) is 10.4. The molecule has 6 nitrogen and oxygen atoms in total. The number of aryl methyl sites for hydroxylation is 3. The maximum absolute atomic E-state index is 12.2. The molecule has 1 amide bonds. The summed E-state index contributed by atoms with van der Waals surface area (Å²) >= 11 is 0. The summed E-state index contributed by atoms with van der Waals surface area (Å²) in [4.78, 5) is 12.2. The van der Waals surface area contributed by atoms with E-state index in [0.29, 0.717) is 5.69 Å². The van der Waals surface area contributed by atoms with Crippen LogP contribution in [0.1, 0.15) is 16.7 Å². The highest BCUT2D eigenvalue weighted by Gasteiger charge is 2.09. The summed E-state index contributed by atoms with van der Waals surface area (Å²) in [5.41, 5.74) is 4.79. The summed E-state index contributed by atoms with van der Waals surface area (Å²) in [6.07, 6.45) is 3.21. The Kier molecular flexibility index (Phi) is 4.79. The van der Waals surface area contributed by atoms with Crippen LogP contribution in [-0.2, 0) is 4.79 Å². The van der Waals surface area contributed by atoms with Crippen molar-refractivity contribution in [2.75, 3.05) is 11.9 Å². The molecule has 0 radical (unpaired) electrons. The van der Waals surface area contributed by atoms with Gasteiger partial charge in [0, 0.05) is 5.69 Å². The van der Waals surface area contributed by atoms with Gasteiger partial charge in [-0.2, -0.15) is 0 Å². The number of nitrogens with one attached hydrogen (secondary N) is 1. The van der Waals surface area contributed by atoms with Crippen LogP contribution in [0.4, 0.5) is 5.69 Å². The zero-order chi connectivity index (χ0) is 17.8. The summed E-state index contributed by atoms with van der Waals surface area (Å²) < 4.78 is 7.49. The van der Waals surface area contributed by atoms with Crippen LogP contribution in [0.15, 0.2) is 49.1 Å². The fourth-order valence-electron chi connectivity index (χ4n) is 2.81. The molecule has 0 spiro atoms. The molecule has 0 bridgehead atoms. The number of ether oxygens (including phenoxy) is 1. The van der Waals surface area contributed by atoms with Crippen LogP contribution in [0, 0.1) is 20.8 Å². The minimum absolute atomic E-state index is 0.0401. The van der Waals surface area contributed by atoms with Crippen molar-refractivity contribution in [2.45, 2.75) is 20.8 Å². The van der Waals surface area contributed by atoms with Gasteiger partial charge in [-0.25, -0.2) is 0 Å². The topological polar surface area (TPSA) is 69.0 Å². The molecule has 1 heterocycles. The van der Waals surface area contributed by atoms with Crippen LogP contribution < -0.4 is 10.1 Å². The largest absolute Gasteiger partial charge is 0.483 e. The lowest BCUT2D eigenvalue weighted by molar-refractivity contribution is -0.118. The molecular weight excluding hydrogens is 316 g/mol. The van der Waals surface area contributed by atoms with E-state index in [1.807, 2.05) is 57.2 Å². The Morgan fingerprint density at radius 1 is 1.08 bits per heavy atom. The van der Waals surface area contributed by atoms with E-state index in [1.165, 1.54) is 5.56 Å². The van der Waals surface area contributed by atoms with Crippen molar-refractivity contribution in [2.24, 2.45) is 0 Å². The van der Waals surface area contributed by atoms with Gasteiger partial charge in [-0.3, -0.25) is 9.36 Å². The number of aromatic nitrogens is 3. The normalized spacial score (nSPS) is 10.5. The van der Waals surface area contributed by atoms with Crippen LogP contribution in [-0.4, -0.2) is 27.3 Å². The maximum Gasteiger partial charge on any atom is 0.262 e. The standard InChI is InChI=1S/C19H20N4O2/c1-13-7-14(2)19(15(3)8-13)25-10-18(24)22-16-5-4-6-17(9-16)23-11-20-21-12-23/h4-9,11-12H,10H2,1-3H3,(H,22,24). The number of benzene rings is 2. The molecule has 2 aromatic carbocycles. The fraction of sp³-hybridized carbons (Fsp3) is 0.211.